The highest BCUT2D eigenvalue weighted by Gasteiger charge is 2.21. The van der Waals surface area contributed by atoms with Crippen molar-refractivity contribution < 1.29 is 9.53 Å². The maximum Gasteiger partial charge on any atom is 0.220 e. The number of morpholine rings is 1. The smallest absolute Gasteiger partial charge is 0.220 e. The standard InChI is InChI=1S/C15H31N3O2.2ClH/c1-12(16)6-7-15(19)17-8-4-5-9-18-10-13(2)20-14(3)11-18;;/h12-14H,4-11,16H2,1-3H3,(H,17,19);2*1H. The molecule has 0 saturated carbocycles. The van der Waals surface area contributed by atoms with Crippen LogP contribution in [0, 0.1) is 0 Å². The van der Waals surface area contributed by atoms with Crippen LogP contribution < -0.4 is 11.1 Å². The summed E-state index contributed by atoms with van der Waals surface area (Å²) in [6.45, 7) is 10.1. The predicted molar refractivity (Wildman–Crippen MR) is 96.1 cm³/mol. The van der Waals surface area contributed by atoms with Crippen LogP contribution in [0.15, 0.2) is 0 Å². The molecule has 0 bridgehead atoms. The maximum absolute atomic E-state index is 11.5. The summed E-state index contributed by atoms with van der Waals surface area (Å²) in [5, 5.41) is 2.96. The first-order valence-corrected chi connectivity index (χ1v) is 7.87. The minimum Gasteiger partial charge on any atom is -0.373 e. The minimum absolute atomic E-state index is 0. The highest BCUT2D eigenvalue weighted by atomic mass is 35.5. The van der Waals surface area contributed by atoms with Crippen LogP contribution in [-0.4, -0.2) is 55.2 Å². The summed E-state index contributed by atoms with van der Waals surface area (Å²) in [7, 11) is 0. The topological polar surface area (TPSA) is 67.6 Å². The van der Waals surface area contributed by atoms with Gasteiger partial charge in [0.15, 0.2) is 0 Å². The van der Waals surface area contributed by atoms with Gasteiger partial charge in [0, 0.05) is 32.1 Å². The van der Waals surface area contributed by atoms with Gasteiger partial charge in [0.05, 0.1) is 12.2 Å². The van der Waals surface area contributed by atoms with Crippen molar-refractivity contribution >= 4 is 30.7 Å². The molecule has 1 fully saturated rings. The van der Waals surface area contributed by atoms with Gasteiger partial charge in [-0.1, -0.05) is 0 Å². The lowest BCUT2D eigenvalue weighted by Crippen LogP contribution is -2.45. The molecule has 1 heterocycles. The molecule has 0 aromatic rings. The van der Waals surface area contributed by atoms with Gasteiger partial charge in [-0.25, -0.2) is 0 Å². The zero-order valence-electron chi connectivity index (χ0n) is 14.0. The van der Waals surface area contributed by atoms with Gasteiger partial charge in [-0.15, -0.1) is 24.8 Å². The Hall–Kier alpha value is -0.0700. The molecule has 1 amide bonds. The number of nitrogens with two attached hydrogens (primary N) is 1. The Bertz CT molecular complexity index is 284. The summed E-state index contributed by atoms with van der Waals surface area (Å²) in [6, 6.07) is 0.103. The van der Waals surface area contributed by atoms with E-state index in [1.54, 1.807) is 0 Å². The predicted octanol–water partition coefficient (Wildman–Crippen LogP) is 1.96. The third kappa shape index (κ3) is 11.5. The number of nitrogens with zero attached hydrogens (tertiary/aromatic N) is 1. The fourth-order valence-electron chi connectivity index (χ4n) is 2.60. The van der Waals surface area contributed by atoms with Crippen LogP contribution in [0.2, 0.25) is 0 Å². The molecule has 0 aromatic carbocycles. The van der Waals surface area contributed by atoms with E-state index in [0.29, 0.717) is 18.6 Å². The first-order chi connectivity index (χ1) is 9.47. The average Bonchev–Trinajstić information content (AvgIpc) is 2.34. The summed E-state index contributed by atoms with van der Waals surface area (Å²) in [5.41, 5.74) is 5.63. The molecule has 1 saturated heterocycles. The van der Waals surface area contributed by atoms with Crippen molar-refractivity contribution in [1.82, 2.24) is 10.2 Å². The van der Waals surface area contributed by atoms with E-state index in [4.69, 9.17) is 10.5 Å². The van der Waals surface area contributed by atoms with E-state index < -0.39 is 0 Å². The number of hydrogen-bond donors (Lipinski definition) is 2. The first kappa shape index (κ1) is 24.2. The quantitative estimate of drug-likeness (QED) is 0.651. The van der Waals surface area contributed by atoms with Crippen molar-refractivity contribution in [3.63, 3.8) is 0 Å². The second-order valence-electron chi connectivity index (χ2n) is 6.09. The average molecular weight is 358 g/mol. The lowest BCUT2D eigenvalue weighted by Gasteiger charge is -2.35. The van der Waals surface area contributed by atoms with Gasteiger partial charge < -0.3 is 15.8 Å². The van der Waals surface area contributed by atoms with Gasteiger partial charge >= 0.3 is 0 Å². The van der Waals surface area contributed by atoms with E-state index in [2.05, 4.69) is 24.1 Å². The van der Waals surface area contributed by atoms with Gasteiger partial charge in [0.25, 0.3) is 0 Å². The third-order valence-corrected chi connectivity index (χ3v) is 3.55. The van der Waals surface area contributed by atoms with Crippen LogP contribution in [0.25, 0.3) is 0 Å². The summed E-state index contributed by atoms with van der Waals surface area (Å²) in [4.78, 5) is 14.0. The number of hydrogen-bond acceptors (Lipinski definition) is 4. The van der Waals surface area contributed by atoms with Crippen molar-refractivity contribution in [1.29, 1.82) is 0 Å². The molecular weight excluding hydrogens is 325 g/mol. The third-order valence-electron chi connectivity index (χ3n) is 3.55. The highest BCUT2D eigenvalue weighted by Crippen LogP contribution is 2.11. The van der Waals surface area contributed by atoms with E-state index in [0.717, 1.165) is 45.4 Å². The summed E-state index contributed by atoms with van der Waals surface area (Å²) in [6.07, 6.45) is 4.11. The van der Waals surface area contributed by atoms with Crippen LogP contribution in [0.4, 0.5) is 0 Å². The number of ether oxygens (including phenoxy) is 1. The number of carbonyl (C=O) groups is 1. The van der Waals surface area contributed by atoms with Gasteiger partial charge in [0.2, 0.25) is 5.91 Å². The van der Waals surface area contributed by atoms with Crippen LogP contribution in [-0.2, 0) is 9.53 Å². The van der Waals surface area contributed by atoms with E-state index in [9.17, 15) is 4.79 Å². The summed E-state index contributed by atoms with van der Waals surface area (Å²) < 4.78 is 5.71. The maximum atomic E-state index is 11.5. The zero-order chi connectivity index (χ0) is 15.0. The molecule has 7 heteroatoms. The Morgan fingerprint density at radius 2 is 1.86 bits per heavy atom. The molecule has 0 aromatic heterocycles. The number of unbranched alkanes of at least 4 members (excludes halogenated alkanes) is 1. The molecule has 1 rings (SSSR count). The molecule has 1 aliphatic rings. The normalized spacial score (nSPS) is 23.1. The first-order valence-electron chi connectivity index (χ1n) is 7.87. The molecule has 1 aliphatic heterocycles. The van der Waals surface area contributed by atoms with Crippen molar-refractivity contribution in [2.45, 2.75) is 64.7 Å². The minimum atomic E-state index is 0. The number of carbonyl (C=O) groups excluding carboxylic acids is 1. The fraction of sp³-hybridized carbons (Fsp3) is 0.933. The van der Waals surface area contributed by atoms with Crippen molar-refractivity contribution in [3.05, 3.63) is 0 Å². The molecule has 3 unspecified atom stereocenters. The number of nitrogens with one attached hydrogen (secondary N) is 1. The van der Waals surface area contributed by atoms with E-state index >= 15 is 0 Å². The Labute approximate surface area is 147 Å². The fourth-order valence-corrected chi connectivity index (χ4v) is 2.60. The molecule has 5 nitrogen and oxygen atoms in total. The SMILES string of the molecule is CC(N)CCC(=O)NCCCCN1CC(C)OC(C)C1.Cl.Cl. The van der Waals surface area contributed by atoms with E-state index in [-0.39, 0.29) is 36.8 Å². The second kappa shape index (κ2) is 13.4. The molecule has 0 aliphatic carbocycles. The van der Waals surface area contributed by atoms with Crippen LogP contribution >= 0.6 is 24.8 Å². The van der Waals surface area contributed by atoms with Gasteiger partial charge in [-0.05, 0) is 46.6 Å². The molecule has 3 atom stereocenters. The highest BCUT2D eigenvalue weighted by molar-refractivity contribution is 5.85. The van der Waals surface area contributed by atoms with Crippen molar-refractivity contribution in [2.75, 3.05) is 26.2 Å². The monoisotopic (exact) mass is 357 g/mol. The van der Waals surface area contributed by atoms with Crippen LogP contribution in [0.5, 0.6) is 0 Å². The van der Waals surface area contributed by atoms with Gasteiger partial charge in [0.1, 0.15) is 0 Å². The lowest BCUT2D eigenvalue weighted by atomic mass is 10.2. The Balaban J connectivity index is 0. The van der Waals surface area contributed by atoms with Crippen LogP contribution in [0.3, 0.4) is 0 Å². The Morgan fingerprint density at radius 1 is 1.27 bits per heavy atom. The van der Waals surface area contributed by atoms with Crippen molar-refractivity contribution in [3.8, 4) is 0 Å². The molecule has 3 N–H and O–H groups in total. The Kier molecular flexibility index (Phi) is 14.7. The van der Waals surface area contributed by atoms with Crippen molar-refractivity contribution in [2.24, 2.45) is 5.73 Å². The van der Waals surface area contributed by atoms with Crippen LogP contribution in [0.1, 0.15) is 46.5 Å². The summed E-state index contributed by atoms with van der Waals surface area (Å²) >= 11 is 0. The second-order valence-corrected chi connectivity index (χ2v) is 6.09. The number of rotatable bonds is 8. The van der Waals surface area contributed by atoms with E-state index in [1.165, 1.54) is 0 Å². The number of halogens is 2. The van der Waals surface area contributed by atoms with Gasteiger partial charge in [-0.3, -0.25) is 9.69 Å². The number of amides is 1. The molecule has 134 valence electrons. The molecule has 0 spiro atoms. The lowest BCUT2D eigenvalue weighted by molar-refractivity contribution is -0.121. The Morgan fingerprint density at radius 3 is 2.41 bits per heavy atom. The molecule has 22 heavy (non-hydrogen) atoms. The van der Waals surface area contributed by atoms with E-state index in [1.807, 2.05) is 6.92 Å². The summed E-state index contributed by atoms with van der Waals surface area (Å²) in [5.74, 6) is 0.121. The molecular formula is C15H33Cl2N3O2. The zero-order valence-corrected chi connectivity index (χ0v) is 15.7. The molecule has 0 radical (unpaired) electrons. The largest absolute Gasteiger partial charge is 0.373 e. The van der Waals surface area contributed by atoms with Gasteiger partial charge in [-0.2, -0.15) is 0 Å².